The van der Waals surface area contributed by atoms with E-state index in [-0.39, 0.29) is 12.0 Å². The van der Waals surface area contributed by atoms with Crippen molar-refractivity contribution in [2.45, 2.75) is 6.10 Å². The van der Waals surface area contributed by atoms with E-state index in [9.17, 15) is 4.79 Å². The quantitative estimate of drug-likeness (QED) is 0.922. The summed E-state index contributed by atoms with van der Waals surface area (Å²) in [6, 6.07) is 17.4. The molecule has 1 unspecified atom stereocenters. The molecular weight excluding hydrogens is 292 g/mol. The summed E-state index contributed by atoms with van der Waals surface area (Å²) < 4.78 is 10.9. The van der Waals surface area contributed by atoms with Crippen LogP contribution in [0.5, 0.6) is 5.75 Å². The summed E-state index contributed by atoms with van der Waals surface area (Å²) in [5.41, 5.74) is 1.90. The van der Waals surface area contributed by atoms with Crippen LogP contribution in [-0.2, 0) is 9.53 Å². The van der Waals surface area contributed by atoms with Gasteiger partial charge in [-0.2, -0.15) is 0 Å². The fourth-order valence-electron chi connectivity index (χ4n) is 2.59. The highest BCUT2D eigenvalue weighted by molar-refractivity contribution is 5.92. The van der Waals surface area contributed by atoms with E-state index in [2.05, 4.69) is 5.32 Å². The third kappa shape index (κ3) is 4.09. The Morgan fingerprint density at radius 2 is 1.96 bits per heavy atom. The summed E-state index contributed by atoms with van der Waals surface area (Å²) >= 11 is 0. The monoisotopic (exact) mass is 312 g/mol. The van der Waals surface area contributed by atoms with Gasteiger partial charge in [0.05, 0.1) is 19.8 Å². The van der Waals surface area contributed by atoms with Gasteiger partial charge in [0.1, 0.15) is 12.5 Å². The number of ether oxygens (including phenoxy) is 2. The van der Waals surface area contributed by atoms with E-state index < -0.39 is 0 Å². The van der Waals surface area contributed by atoms with E-state index in [1.165, 1.54) is 0 Å². The highest BCUT2D eigenvalue weighted by atomic mass is 16.5. The number of carbonyl (C=O) groups is 1. The van der Waals surface area contributed by atoms with Crippen LogP contribution in [0.2, 0.25) is 0 Å². The van der Waals surface area contributed by atoms with Crippen molar-refractivity contribution in [3.05, 3.63) is 60.2 Å². The second kappa shape index (κ2) is 7.26. The molecule has 5 nitrogen and oxygen atoms in total. The lowest BCUT2D eigenvalue weighted by molar-refractivity contribution is -0.117. The molecule has 0 spiro atoms. The van der Waals surface area contributed by atoms with Gasteiger partial charge in [-0.05, 0) is 29.8 Å². The first kappa shape index (κ1) is 15.5. The van der Waals surface area contributed by atoms with E-state index in [1.807, 2.05) is 59.5 Å². The summed E-state index contributed by atoms with van der Waals surface area (Å²) in [6.07, 6.45) is 0.0324. The molecule has 0 aliphatic carbocycles. The van der Waals surface area contributed by atoms with Gasteiger partial charge in [0.25, 0.3) is 0 Å². The number of nitrogens with one attached hydrogen (secondary N) is 1. The normalized spacial score (nSPS) is 17.9. The first-order valence-electron chi connectivity index (χ1n) is 7.57. The molecular formula is C18H20N2O3. The molecule has 3 rings (SSSR count). The van der Waals surface area contributed by atoms with Gasteiger partial charge in [0, 0.05) is 12.2 Å². The molecule has 1 saturated heterocycles. The second-order valence-electron chi connectivity index (χ2n) is 5.48. The van der Waals surface area contributed by atoms with Crippen molar-refractivity contribution in [2.24, 2.45) is 0 Å². The van der Waals surface area contributed by atoms with Crippen LogP contribution in [0.25, 0.3) is 0 Å². The van der Waals surface area contributed by atoms with Gasteiger partial charge in [0.15, 0.2) is 0 Å². The minimum absolute atomic E-state index is 0.0324. The number of amides is 1. The Kier molecular flexibility index (Phi) is 4.90. The van der Waals surface area contributed by atoms with Crippen LogP contribution in [0, 0.1) is 0 Å². The summed E-state index contributed by atoms with van der Waals surface area (Å²) in [7, 11) is 1.62. The van der Waals surface area contributed by atoms with Gasteiger partial charge in [0.2, 0.25) is 5.91 Å². The average molecular weight is 312 g/mol. The molecule has 2 aromatic carbocycles. The van der Waals surface area contributed by atoms with E-state index in [0.29, 0.717) is 13.3 Å². The maximum Gasteiger partial charge on any atom is 0.238 e. The molecule has 1 amide bonds. The van der Waals surface area contributed by atoms with Crippen LogP contribution < -0.4 is 10.1 Å². The Labute approximate surface area is 135 Å². The number of anilines is 1. The van der Waals surface area contributed by atoms with E-state index in [4.69, 9.17) is 9.47 Å². The zero-order chi connectivity index (χ0) is 16.1. The van der Waals surface area contributed by atoms with Crippen molar-refractivity contribution in [1.29, 1.82) is 0 Å². The molecule has 1 aliphatic rings. The Bertz CT molecular complexity index is 643. The first-order valence-corrected chi connectivity index (χ1v) is 7.57. The summed E-state index contributed by atoms with van der Waals surface area (Å²) in [5, 5.41) is 2.88. The largest absolute Gasteiger partial charge is 0.497 e. The fourth-order valence-corrected chi connectivity index (χ4v) is 2.59. The molecule has 1 fully saturated rings. The lowest BCUT2D eigenvalue weighted by Gasteiger charge is -2.13. The third-order valence-electron chi connectivity index (χ3n) is 3.79. The standard InChI is InChI=1S/C18H20N2O3/c1-22-16-9-7-15(8-10-16)19-18(21)12-20-11-17(23-13-20)14-5-3-2-4-6-14/h2-10,17H,11-13H2,1H3,(H,19,21). The predicted molar refractivity (Wildman–Crippen MR) is 88.3 cm³/mol. The number of hydrogen-bond donors (Lipinski definition) is 1. The van der Waals surface area contributed by atoms with Gasteiger partial charge in [-0.3, -0.25) is 9.69 Å². The summed E-state index contributed by atoms with van der Waals surface area (Å²) in [5.74, 6) is 0.717. The number of rotatable bonds is 5. The molecule has 120 valence electrons. The Hall–Kier alpha value is -2.37. The Balaban J connectivity index is 1.50. The molecule has 1 atom stereocenters. The van der Waals surface area contributed by atoms with Gasteiger partial charge in [-0.1, -0.05) is 30.3 Å². The van der Waals surface area contributed by atoms with Crippen molar-refractivity contribution >= 4 is 11.6 Å². The molecule has 0 saturated carbocycles. The molecule has 23 heavy (non-hydrogen) atoms. The molecule has 0 radical (unpaired) electrons. The zero-order valence-corrected chi connectivity index (χ0v) is 13.1. The Morgan fingerprint density at radius 1 is 1.22 bits per heavy atom. The van der Waals surface area contributed by atoms with E-state index in [0.717, 1.165) is 23.5 Å². The van der Waals surface area contributed by atoms with Crippen LogP contribution in [0.3, 0.4) is 0 Å². The predicted octanol–water partition coefficient (Wildman–Crippen LogP) is 2.66. The number of nitrogens with zero attached hydrogens (tertiary/aromatic N) is 1. The van der Waals surface area contributed by atoms with E-state index >= 15 is 0 Å². The molecule has 0 bridgehead atoms. The van der Waals surface area contributed by atoms with E-state index in [1.54, 1.807) is 7.11 Å². The maximum atomic E-state index is 12.1. The highest BCUT2D eigenvalue weighted by Crippen LogP contribution is 2.24. The number of carbonyl (C=O) groups excluding carboxylic acids is 1. The molecule has 1 aliphatic heterocycles. The molecule has 1 N–H and O–H groups in total. The smallest absolute Gasteiger partial charge is 0.238 e. The number of methoxy groups -OCH3 is 1. The summed E-state index contributed by atoms with van der Waals surface area (Å²) in [4.78, 5) is 14.1. The molecule has 5 heteroatoms. The maximum absolute atomic E-state index is 12.1. The van der Waals surface area contributed by atoms with Gasteiger partial charge in [-0.15, -0.1) is 0 Å². The van der Waals surface area contributed by atoms with Gasteiger partial charge in [-0.25, -0.2) is 0 Å². The van der Waals surface area contributed by atoms with Crippen molar-refractivity contribution in [3.8, 4) is 5.75 Å². The number of benzene rings is 2. The summed E-state index contributed by atoms with van der Waals surface area (Å²) in [6.45, 7) is 1.50. The highest BCUT2D eigenvalue weighted by Gasteiger charge is 2.25. The minimum Gasteiger partial charge on any atom is -0.497 e. The van der Waals surface area contributed by atoms with Crippen LogP contribution in [0.1, 0.15) is 11.7 Å². The minimum atomic E-state index is -0.0486. The van der Waals surface area contributed by atoms with Crippen LogP contribution in [0.4, 0.5) is 5.69 Å². The first-order chi connectivity index (χ1) is 11.2. The van der Waals surface area contributed by atoms with Crippen molar-refractivity contribution in [3.63, 3.8) is 0 Å². The average Bonchev–Trinajstić information content (AvgIpc) is 3.04. The topological polar surface area (TPSA) is 50.8 Å². The third-order valence-corrected chi connectivity index (χ3v) is 3.79. The van der Waals surface area contributed by atoms with Gasteiger partial charge < -0.3 is 14.8 Å². The fraction of sp³-hybridized carbons (Fsp3) is 0.278. The molecule has 2 aromatic rings. The Morgan fingerprint density at radius 3 is 2.65 bits per heavy atom. The SMILES string of the molecule is COc1ccc(NC(=O)CN2COC(c3ccccc3)C2)cc1. The number of hydrogen-bond acceptors (Lipinski definition) is 4. The zero-order valence-electron chi connectivity index (χ0n) is 13.1. The lowest BCUT2D eigenvalue weighted by atomic mass is 10.1. The van der Waals surface area contributed by atoms with Crippen LogP contribution in [0.15, 0.2) is 54.6 Å². The van der Waals surface area contributed by atoms with Crippen LogP contribution >= 0.6 is 0 Å². The molecule has 1 heterocycles. The van der Waals surface area contributed by atoms with Crippen molar-refractivity contribution < 1.29 is 14.3 Å². The van der Waals surface area contributed by atoms with Gasteiger partial charge >= 0.3 is 0 Å². The van der Waals surface area contributed by atoms with Crippen molar-refractivity contribution in [1.82, 2.24) is 4.90 Å². The van der Waals surface area contributed by atoms with Crippen molar-refractivity contribution in [2.75, 3.05) is 32.2 Å². The lowest BCUT2D eigenvalue weighted by Crippen LogP contribution is -2.31. The molecule has 0 aromatic heterocycles. The van der Waals surface area contributed by atoms with Crippen LogP contribution in [-0.4, -0.2) is 37.7 Å². The second-order valence-corrected chi connectivity index (χ2v) is 5.48.